The van der Waals surface area contributed by atoms with E-state index in [0.29, 0.717) is 0 Å². The molecule has 0 atom stereocenters. The first-order valence-corrected chi connectivity index (χ1v) is 6.39. The van der Waals surface area contributed by atoms with E-state index >= 15 is 0 Å². The maximum atomic E-state index is 5.66. The van der Waals surface area contributed by atoms with Gasteiger partial charge in [0, 0.05) is 32.3 Å². The molecule has 17 heavy (non-hydrogen) atoms. The van der Waals surface area contributed by atoms with Crippen molar-refractivity contribution in [3.05, 3.63) is 35.9 Å². The molecule has 1 fully saturated rings. The molecule has 1 aliphatic heterocycles. The molecule has 1 N–H and O–H groups in total. The van der Waals surface area contributed by atoms with Crippen LogP contribution >= 0.6 is 0 Å². The van der Waals surface area contributed by atoms with Crippen molar-refractivity contribution in [2.75, 3.05) is 33.3 Å². The van der Waals surface area contributed by atoms with Crippen LogP contribution in [0.15, 0.2) is 30.3 Å². The van der Waals surface area contributed by atoms with Crippen molar-refractivity contribution in [2.45, 2.75) is 19.1 Å². The molecule has 0 unspecified atom stereocenters. The van der Waals surface area contributed by atoms with Crippen molar-refractivity contribution in [2.24, 2.45) is 0 Å². The molecule has 1 aliphatic rings. The van der Waals surface area contributed by atoms with Crippen LogP contribution in [-0.2, 0) is 11.3 Å². The molecule has 1 saturated heterocycles. The first kappa shape index (κ1) is 12.6. The SMILES string of the molecule is CN(CCCOCc1ccccc1)C1CNC1. The van der Waals surface area contributed by atoms with Gasteiger partial charge in [0.2, 0.25) is 0 Å². The summed E-state index contributed by atoms with van der Waals surface area (Å²) in [5.41, 5.74) is 1.25. The molecule has 94 valence electrons. The Bertz CT molecular complexity index is 311. The van der Waals surface area contributed by atoms with Gasteiger partial charge in [-0.3, -0.25) is 0 Å². The van der Waals surface area contributed by atoms with Gasteiger partial charge in [-0.15, -0.1) is 0 Å². The van der Waals surface area contributed by atoms with Gasteiger partial charge >= 0.3 is 0 Å². The quantitative estimate of drug-likeness (QED) is 0.724. The summed E-state index contributed by atoms with van der Waals surface area (Å²) in [5, 5.41) is 3.29. The van der Waals surface area contributed by atoms with Crippen molar-refractivity contribution >= 4 is 0 Å². The van der Waals surface area contributed by atoms with Crippen molar-refractivity contribution in [3.8, 4) is 0 Å². The number of rotatable bonds is 7. The summed E-state index contributed by atoms with van der Waals surface area (Å²) in [5.74, 6) is 0. The lowest BCUT2D eigenvalue weighted by atomic mass is 10.1. The van der Waals surface area contributed by atoms with Gasteiger partial charge in [-0.05, 0) is 19.0 Å². The summed E-state index contributed by atoms with van der Waals surface area (Å²) in [6.45, 7) is 4.98. The van der Waals surface area contributed by atoms with Crippen molar-refractivity contribution in [1.29, 1.82) is 0 Å². The molecular weight excluding hydrogens is 212 g/mol. The summed E-state index contributed by atoms with van der Waals surface area (Å²) < 4.78 is 5.66. The third-order valence-corrected chi connectivity index (χ3v) is 3.29. The molecule has 0 saturated carbocycles. The zero-order chi connectivity index (χ0) is 11.9. The van der Waals surface area contributed by atoms with Crippen LogP contribution in [0.3, 0.4) is 0 Å². The van der Waals surface area contributed by atoms with Gasteiger partial charge in [0.1, 0.15) is 0 Å². The Morgan fingerprint density at radius 3 is 2.71 bits per heavy atom. The number of benzene rings is 1. The number of hydrogen-bond acceptors (Lipinski definition) is 3. The predicted octanol–water partition coefficient (Wildman–Crippen LogP) is 1.50. The number of hydrogen-bond donors (Lipinski definition) is 1. The van der Waals surface area contributed by atoms with Crippen molar-refractivity contribution in [3.63, 3.8) is 0 Å². The van der Waals surface area contributed by atoms with Crippen LogP contribution in [0.25, 0.3) is 0 Å². The van der Waals surface area contributed by atoms with E-state index in [-0.39, 0.29) is 0 Å². The molecule has 1 aromatic rings. The first-order valence-electron chi connectivity index (χ1n) is 6.39. The van der Waals surface area contributed by atoms with Gasteiger partial charge in [0.05, 0.1) is 6.61 Å². The second-order valence-electron chi connectivity index (χ2n) is 4.68. The largest absolute Gasteiger partial charge is 0.377 e. The van der Waals surface area contributed by atoms with Gasteiger partial charge in [0.15, 0.2) is 0 Å². The molecule has 0 amide bonds. The van der Waals surface area contributed by atoms with Crippen molar-refractivity contribution < 1.29 is 4.74 Å². The molecule has 0 radical (unpaired) electrons. The highest BCUT2D eigenvalue weighted by Crippen LogP contribution is 2.04. The van der Waals surface area contributed by atoms with Gasteiger partial charge in [-0.25, -0.2) is 0 Å². The fraction of sp³-hybridized carbons (Fsp3) is 0.571. The van der Waals surface area contributed by atoms with Crippen LogP contribution in [0.4, 0.5) is 0 Å². The molecule has 0 aliphatic carbocycles. The first-order chi connectivity index (χ1) is 8.36. The minimum atomic E-state index is 0.732. The van der Waals surface area contributed by atoms with Gasteiger partial charge in [0.25, 0.3) is 0 Å². The smallest absolute Gasteiger partial charge is 0.0716 e. The van der Waals surface area contributed by atoms with Crippen LogP contribution in [-0.4, -0.2) is 44.2 Å². The number of likely N-dealkylation sites (N-methyl/N-ethyl adjacent to an activating group) is 1. The number of nitrogens with zero attached hydrogens (tertiary/aromatic N) is 1. The number of ether oxygens (including phenoxy) is 1. The van der Waals surface area contributed by atoms with E-state index in [1.54, 1.807) is 0 Å². The monoisotopic (exact) mass is 234 g/mol. The Balaban J connectivity index is 1.51. The standard InChI is InChI=1S/C14H22N2O/c1-16(14-10-15-11-14)8-5-9-17-12-13-6-3-2-4-7-13/h2-4,6-7,14-15H,5,8-12H2,1H3. The molecule has 0 bridgehead atoms. The van der Waals surface area contributed by atoms with Crippen LogP contribution in [0.2, 0.25) is 0 Å². The van der Waals surface area contributed by atoms with Gasteiger partial charge in [-0.1, -0.05) is 30.3 Å². The molecule has 1 heterocycles. The second-order valence-corrected chi connectivity index (χ2v) is 4.68. The van der Waals surface area contributed by atoms with Gasteiger partial charge < -0.3 is 15.0 Å². The van der Waals surface area contributed by atoms with Crippen molar-refractivity contribution in [1.82, 2.24) is 10.2 Å². The topological polar surface area (TPSA) is 24.5 Å². The molecule has 0 spiro atoms. The Kier molecular flexibility index (Phi) is 4.98. The highest BCUT2D eigenvalue weighted by Gasteiger charge is 2.20. The third kappa shape index (κ3) is 4.11. The zero-order valence-corrected chi connectivity index (χ0v) is 10.6. The summed E-state index contributed by atoms with van der Waals surface area (Å²) in [6, 6.07) is 11.1. The van der Waals surface area contributed by atoms with Crippen LogP contribution < -0.4 is 5.32 Å². The van der Waals surface area contributed by atoms with Crippen LogP contribution in [0.5, 0.6) is 0 Å². The average Bonchev–Trinajstić information content (AvgIpc) is 2.27. The van der Waals surface area contributed by atoms with E-state index in [2.05, 4.69) is 41.5 Å². The fourth-order valence-corrected chi connectivity index (χ4v) is 1.95. The Morgan fingerprint density at radius 1 is 1.29 bits per heavy atom. The summed E-state index contributed by atoms with van der Waals surface area (Å²) in [4.78, 5) is 2.42. The minimum absolute atomic E-state index is 0.732. The van der Waals surface area contributed by atoms with E-state index in [1.807, 2.05) is 6.07 Å². The van der Waals surface area contributed by atoms with Gasteiger partial charge in [-0.2, -0.15) is 0 Å². The molecule has 1 aromatic carbocycles. The lowest BCUT2D eigenvalue weighted by Gasteiger charge is -2.35. The normalized spacial score (nSPS) is 16.1. The second kappa shape index (κ2) is 6.74. The maximum Gasteiger partial charge on any atom is 0.0716 e. The predicted molar refractivity (Wildman–Crippen MR) is 70.0 cm³/mol. The van der Waals surface area contributed by atoms with Crippen LogP contribution in [0, 0.1) is 0 Å². The molecule has 3 heteroatoms. The number of nitrogens with one attached hydrogen (secondary N) is 1. The summed E-state index contributed by atoms with van der Waals surface area (Å²) in [7, 11) is 2.20. The van der Waals surface area contributed by atoms with E-state index in [0.717, 1.165) is 45.3 Å². The zero-order valence-electron chi connectivity index (χ0n) is 10.6. The molecule has 2 rings (SSSR count). The van der Waals surface area contributed by atoms with E-state index in [9.17, 15) is 0 Å². The lowest BCUT2D eigenvalue weighted by Crippen LogP contribution is -2.56. The summed E-state index contributed by atoms with van der Waals surface area (Å²) in [6.07, 6.45) is 1.11. The Morgan fingerprint density at radius 2 is 2.06 bits per heavy atom. The van der Waals surface area contributed by atoms with Crippen LogP contribution in [0.1, 0.15) is 12.0 Å². The maximum absolute atomic E-state index is 5.66. The average molecular weight is 234 g/mol. The molecular formula is C14H22N2O. The molecule has 0 aromatic heterocycles. The molecule has 3 nitrogen and oxygen atoms in total. The summed E-state index contributed by atoms with van der Waals surface area (Å²) >= 11 is 0. The van der Waals surface area contributed by atoms with E-state index < -0.39 is 0 Å². The Hall–Kier alpha value is -0.900. The van der Waals surface area contributed by atoms with E-state index in [4.69, 9.17) is 4.74 Å². The fourth-order valence-electron chi connectivity index (χ4n) is 1.95. The highest BCUT2D eigenvalue weighted by atomic mass is 16.5. The Labute approximate surface area is 104 Å². The minimum Gasteiger partial charge on any atom is -0.377 e. The van der Waals surface area contributed by atoms with E-state index in [1.165, 1.54) is 5.56 Å². The lowest BCUT2D eigenvalue weighted by molar-refractivity contribution is 0.100. The highest BCUT2D eigenvalue weighted by molar-refractivity contribution is 5.13. The third-order valence-electron chi connectivity index (χ3n) is 3.29.